The topological polar surface area (TPSA) is 17.0 Å². The van der Waals surface area contributed by atoms with E-state index in [0.29, 0.717) is 11.1 Å². The molecule has 2 heterocycles. The number of furan rings is 1. The van der Waals surface area contributed by atoms with Gasteiger partial charge in [0.1, 0.15) is 24.0 Å². The lowest BCUT2D eigenvalue weighted by Crippen LogP contribution is -2.30. The predicted molar refractivity (Wildman–Crippen MR) is 127 cm³/mol. The third kappa shape index (κ3) is 2.88. The number of halogens is 1. The molecule has 2 nitrogen and oxygen atoms in total. The molecule has 0 saturated carbocycles. The Morgan fingerprint density at radius 2 is 1.56 bits per heavy atom. The highest BCUT2D eigenvalue weighted by atomic mass is 19.1. The van der Waals surface area contributed by atoms with E-state index in [1.165, 1.54) is 24.0 Å². The lowest BCUT2D eigenvalue weighted by molar-refractivity contribution is -0.660. The molecule has 0 saturated heterocycles. The van der Waals surface area contributed by atoms with Crippen LogP contribution < -0.4 is 4.57 Å². The third-order valence-corrected chi connectivity index (χ3v) is 6.92. The zero-order chi connectivity index (χ0) is 21.8. The van der Waals surface area contributed by atoms with Crippen LogP contribution in [0.15, 0.2) is 71.3 Å². The van der Waals surface area contributed by atoms with Crippen LogP contribution in [0.2, 0.25) is 0 Å². The van der Waals surface area contributed by atoms with Crippen LogP contribution in [-0.4, -0.2) is 0 Å². The number of nitrogens with zero attached hydrogens (tertiary/aromatic N) is 1. The minimum Gasteiger partial charge on any atom is -0.454 e. The summed E-state index contributed by atoms with van der Waals surface area (Å²) in [5.74, 6) is -0.240. The standard InChI is InChI=1S/C29H25FNO/c1-18-10-13-22-23-14-15-24(30)27(21-12-11-19-7-3-4-8-20(19)17-21)29(23)32-28(22)26(18)25-9-5-6-16-31(25)2/h5-6,9-17H,3-4,7-8H2,1-2H3/q+1. The predicted octanol–water partition coefficient (Wildman–Crippen LogP) is 7.07. The van der Waals surface area contributed by atoms with Crippen LogP contribution in [0.3, 0.4) is 0 Å². The van der Waals surface area contributed by atoms with E-state index in [1.54, 1.807) is 6.07 Å². The molecule has 0 amide bonds. The van der Waals surface area contributed by atoms with E-state index >= 15 is 4.39 Å². The van der Waals surface area contributed by atoms with Gasteiger partial charge in [-0.3, -0.25) is 0 Å². The van der Waals surface area contributed by atoms with Crippen LogP contribution in [0.1, 0.15) is 29.5 Å². The second kappa shape index (κ2) is 7.30. The van der Waals surface area contributed by atoms with Crippen molar-refractivity contribution in [2.75, 3.05) is 0 Å². The molecule has 32 heavy (non-hydrogen) atoms. The van der Waals surface area contributed by atoms with E-state index in [1.807, 2.05) is 31.4 Å². The van der Waals surface area contributed by atoms with Gasteiger partial charge in [0.05, 0.1) is 11.1 Å². The first-order valence-corrected chi connectivity index (χ1v) is 11.3. The molecular weight excluding hydrogens is 397 g/mol. The van der Waals surface area contributed by atoms with Crippen molar-refractivity contribution in [3.05, 3.63) is 89.4 Å². The van der Waals surface area contributed by atoms with Gasteiger partial charge in [-0.05, 0) is 73.1 Å². The Balaban J connectivity index is 1.66. The first-order chi connectivity index (χ1) is 15.6. The molecule has 3 aromatic carbocycles. The Labute approximate surface area is 186 Å². The Morgan fingerprint density at radius 1 is 0.812 bits per heavy atom. The van der Waals surface area contributed by atoms with E-state index < -0.39 is 0 Å². The highest BCUT2D eigenvalue weighted by molar-refractivity contribution is 6.13. The monoisotopic (exact) mass is 422 g/mol. The van der Waals surface area contributed by atoms with Crippen LogP contribution in [0.5, 0.6) is 0 Å². The summed E-state index contributed by atoms with van der Waals surface area (Å²) in [5, 5.41) is 1.97. The minimum atomic E-state index is -0.240. The molecule has 0 fully saturated rings. The molecule has 1 aliphatic carbocycles. The summed E-state index contributed by atoms with van der Waals surface area (Å²) in [6.45, 7) is 2.10. The maximum atomic E-state index is 15.3. The SMILES string of the molecule is Cc1ccc2c(oc3c(-c4ccc5c(c4)CCCC5)c(F)ccc32)c1-c1cccc[n+]1C. The molecule has 2 aromatic heterocycles. The van der Waals surface area contributed by atoms with Gasteiger partial charge in [-0.15, -0.1) is 0 Å². The van der Waals surface area contributed by atoms with Crippen molar-refractivity contribution in [2.45, 2.75) is 32.6 Å². The zero-order valence-electron chi connectivity index (χ0n) is 18.4. The van der Waals surface area contributed by atoms with E-state index in [-0.39, 0.29) is 5.82 Å². The molecular formula is C29H25FNO+. The largest absolute Gasteiger partial charge is 0.454 e. The summed E-state index contributed by atoms with van der Waals surface area (Å²) in [4.78, 5) is 0. The summed E-state index contributed by atoms with van der Waals surface area (Å²) in [6, 6.07) is 20.2. The van der Waals surface area contributed by atoms with Crippen molar-refractivity contribution < 1.29 is 13.4 Å². The maximum absolute atomic E-state index is 15.3. The Morgan fingerprint density at radius 3 is 2.38 bits per heavy atom. The molecule has 0 atom stereocenters. The number of hydrogen-bond acceptors (Lipinski definition) is 1. The molecule has 6 rings (SSSR count). The van der Waals surface area contributed by atoms with Crippen LogP contribution in [0, 0.1) is 12.7 Å². The van der Waals surface area contributed by atoms with Gasteiger partial charge in [0, 0.05) is 22.9 Å². The van der Waals surface area contributed by atoms with Crippen LogP contribution in [0.4, 0.5) is 4.39 Å². The van der Waals surface area contributed by atoms with Gasteiger partial charge in [-0.2, -0.15) is 0 Å². The summed E-state index contributed by atoms with van der Waals surface area (Å²) in [7, 11) is 2.04. The van der Waals surface area contributed by atoms with Crippen LogP contribution >= 0.6 is 0 Å². The number of aryl methyl sites for hydroxylation is 4. The van der Waals surface area contributed by atoms with Gasteiger partial charge in [-0.1, -0.05) is 30.3 Å². The average Bonchev–Trinajstić information content (AvgIpc) is 3.17. The summed E-state index contributed by atoms with van der Waals surface area (Å²) in [5.41, 5.74) is 8.90. The van der Waals surface area contributed by atoms with Crippen molar-refractivity contribution in [1.82, 2.24) is 0 Å². The van der Waals surface area contributed by atoms with Gasteiger partial charge < -0.3 is 4.42 Å². The minimum absolute atomic E-state index is 0.240. The van der Waals surface area contributed by atoms with Gasteiger partial charge >= 0.3 is 0 Å². The van der Waals surface area contributed by atoms with E-state index in [4.69, 9.17) is 4.42 Å². The van der Waals surface area contributed by atoms with Crippen molar-refractivity contribution >= 4 is 21.9 Å². The lowest BCUT2D eigenvalue weighted by Gasteiger charge is -2.17. The quantitative estimate of drug-likeness (QED) is 0.278. The smallest absolute Gasteiger partial charge is 0.216 e. The number of fused-ring (bicyclic) bond motifs is 4. The normalized spacial score (nSPS) is 13.6. The van der Waals surface area contributed by atoms with Gasteiger partial charge in [0.2, 0.25) is 5.69 Å². The van der Waals surface area contributed by atoms with E-state index in [2.05, 4.69) is 47.9 Å². The fourth-order valence-corrected chi connectivity index (χ4v) is 5.24. The summed E-state index contributed by atoms with van der Waals surface area (Å²) >= 11 is 0. The second-order valence-electron chi connectivity index (χ2n) is 8.92. The van der Waals surface area contributed by atoms with Crippen LogP contribution in [-0.2, 0) is 19.9 Å². The number of hydrogen-bond donors (Lipinski definition) is 0. The van der Waals surface area contributed by atoms with E-state index in [0.717, 1.165) is 51.6 Å². The molecule has 158 valence electrons. The fourth-order valence-electron chi connectivity index (χ4n) is 5.24. The van der Waals surface area contributed by atoms with Crippen molar-refractivity contribution in [3.63, 3.8) is 0 Å². The number of benzene rings is 3. The Bertz CT molecular complexity index is 1510. The van der Waals surface area contributed by atoms with Crippen molar-refractivity contribution in [3.8, 4) is 22.4 Å². The molecule has 0 N–H and O–H groups in total. The van der Waals surface area contributed by atoms with Gasteiger partial charge in [0.25, 0.3) is 0 Å². The fraction of sp³-hybridized carbons (Fsp3) is 0.207. The first-order valence-electron chi connectivity index (χ1n) is 11.3. The Hall–Kier alpha value is -3.46. The summed E-state index contributed by atoms with van der Waals surface area (Å²) < 4.78 is 23.9. The molecule has 0 radical (unpaired) electrons. The molecule has 3 heteroatoms. The highest BCUT2D eigenvalue weighted by Gasteiger charge is 2.23. The Kier molecular flexibility index (Phi) is 4.39. The molecule has 0 spiro atoms. The summed E-state index contributed by atoms with van der Waals surface area (Å²) in [6.07, 6.45) is 6.65. The second-order valence-corrected chi connectivity index (χ2v) is 8.92. The van der Waals surface area contributed by atoms with E-state index in [9.17, 15) is 0 Å². The first kappa shape index (κ1) is 19.2. The van der Waals surface area contributed by atoms with Crippen molar-refractivity contribution in [2.24, 2.45) is 7.05 Å². The molecule has 5 aromatic rings. The lowest BCUT2D eigenvalue weighted by atomic mass is 9.88. The van der Waals surface area contributed by atoms with Crippen molar-refractivity contribution in [1.29, 1.82) is 0 Å². The molecule has 0 unspecified atom stereocenters. The zero-order valence-corrected chi connectivity index (χ0v) is 18.4. The maximum Gasteiger partial charge on any atom is 0.216 e. The average molecular weight is 423 g/mol. The molecule has 0 aliphatic heterocycles. The van der Waals surface area contributed by atoms with Gasteiger partial charge in [-0.25, -0.2) is 8.96 Å². The number of rotatable bonds is 2. The molecule has 1 aliphatic rings. The third-order valence-electron chi connectivity index (χ3n) is 6.92. The van der Waals surface area contributed by atoms with Crippen LogP contribution in [0.25, 0.3) is 44.3 Å². The molecule has 0 bridgehead atoms. The van der Waals surface area contributed by atoms with Gasteiger partial charge in [0.15, 0.2) is 6.20 Å². The number of pyridine rings is 1. The highest BCUT2D eigenvalue weighted by Crippen LogP contribution is 2.42. The number of aromatic nitrogens is 1.